The summed E-state index contributed by atoms with van der Waals surface area (Å²) >= 11 is 0. The maximum Gasteiger partial charge on any atom is 0.137 e. The average molecular weight is 238 g/mol. The number of aromatic nitrogens is 1. The molecule has 0 spiro atoms. The molecule has 0 unspecified atom stereocenters. The summed E-state index contributed by atoms with van der Waals surface area (Å²) in [5.74, 6) is 0.821. The number of nitrogens with one attached hydrogen (secondary N) is 1. The van der Waals surface area contributed by atoms with Crippen LogP contribution in [0.1, 0.15) is 26.0 Å². The van der Waals surface area contributed by atoms with Crippen LogP contribution in [0.15, 0.2) is 18.3 Å². The lowest BCUT2D eigenvalue weighted by Crippen LogP contribution is -2.12. The van der Waals surface area contributed by atoms with Crippen LogP contribution in [-0.2, 0) is 11.3 Å². The second-order valence-electron chi connectivity index (χ2n) is 3.66. The van der Waals surface area contributed by atoms with Gasteiger partial charge in [-0.3, -0.25) is 4.98 Å². The molecule has 1 aromatic heterocycles. The van der Waals surface area contributed by atoms with Crippen LogP contribution in [0, 0.1) is 0 Å². The van der Waals surface area contributed by atoms with Crippen molar-refractivity contribution < 1.29 is 9.47 Å². The van der Waals surface area contributed by atoms with Gasteiger partial charge in [0.05, 0.1) is 18.5 Å². The molecule has 0 aliphatic heterocycles. The first kappa shape index (κ1) is 13.9. The number of pyridine rings is 1. The largest absolute Gasteiger partial charge is 0.492 e. The van der Waals surface area contributed by atoms with Gasteiger partial charge in [-0.25, -0.2) is 0 Å². The standard InChI is InChI=1S/C13H22N2O2/c1-3-14-10-12-6-7-13(11-15-12)17-9-5-8-16-4-2/h6-7,11,14H,3-5,8-10H2,1-2H3. The van der Waals surface area contributed by atoms with E-state index in [1.54, 1.807) is 6.20 Å². The lowest BCUT2D eigenvalue weighted by atomic mass is 10.3. The van der Waals surface area contributed by atoms with E-state index in [0.29, 0.717) is 6.61 Å². The van der Waals surface area contributed by atoms with E-state index in [-0.39, 0.29) is 0 Å². The van der Waals surface area contributed by atoms with Crippen LogP contribution in [0.25, 0.3) is 0 Å². The normalized spacial score (nSPS) is 10.5. The van der Waals surface area contributed by atoms with Crippen LogP contribution < -0.4 is 10.1 Å². The zero-order chi connectivity index (χ0) is 12.3. The molecule has 0 radical (unpaired) electrons. The molecule has 17 heavy (non-hydrogen) atoms. The summed E-state index contributed by atoms with van der Waals surface area (Å²) < 4.78 is 10.8. The molecule has 1 heterocycles. The predicted molar refractivity (Wildman–Crippen MR) is 68.2 cm³/mol. The van der Waals surface area contributed by atoms with E-state index in [9.17, 15) is 0 Å². The third-order valence-corrected chi connectivity index (χ3v) is 2.26. The number of nitrogens with zero attached hydrogens (tertiary/aromatic N) is 1. The molecule has 0 amide bonds. The predicted octanol–water partition coefficient (Wildman–Crippen LogP) is 2.00. The fraction of sp³-hybridized carbons (Fsp3) is 0.615. The molecular weight excluding hydrogens is 216 g/mol. The topological polar surface area (TPSA) is 43.4 Å². The first-order valence-electron chi connectivity index (χ1n) is 6.23. The van der Waals surface area contributed by atoms with Crippen molar-refractivity contribution in [1.82, 2.24) is 10.3 Å². The number of rotatable bonds is 9. The molecular formula is C13H22N2O2. The van der Waals surface area contributed by atoms with Crippen LogP contribution >= 0.6 is 0 Å². The second kappa shape index (κ2) is 8.96. The molecule has 1 rings (SSSR count). The van der Waals surface area contributed by atoms with Gasteiger partial charge >= 0.3 is 0 Å². The van der Waals surface area contributed by atoms with E-state index in [4.69, 9.17) is 9.47 Å². The third-order valence-electron chi connectivity index (χ3n) is 2.26. The number of ether oxygens (including phenoxy) is 2. The van der Waals surface area contributed by atoms with E-state index < -0.39 is 0 Å². The van der Waals surface area contributed by atoms with Gasteiger partial charge in [0, 0.05) is 26.2 Å². The van der Waals surface area contributed by atoms with Gasteiger partial charge in [0.1, 0.15) is 5.75 Å². The highest BCUT2D eigenvalue weighted by molar-refractivity contribution is 5.19. The third kappa shape index (κ3) is 6.24. The highest BCUT2D eigenvalue weighted by atomic mass is 16.5. The van der Waals surface area contributed by atoms with Crippen molar-refractivity contribution in [1.29, 1.82) is 0 Å². The van der Waals surface area contributed by atoms with E-state index in [0.717, 1.165) is 44.2 Å². The zero-order valence-electron chi connectivity index (χ0n) is 10.7. The first-order chi connectivity index (χ1) is 8.36. The molecule has 4 nitrogen and oxygen atoms in total. The maximum absolute atomic E-state index is 5.55. The summed E-state index contributed by atoms with van der Waals surface area (Å²) in [5.41, 5.74) is 1.04. The van der Waals surface area contributed by atoms with E-state index in [1.807, 2.05) is 19.1 Å². The van der Waals surface area contributed by atoms with E-state index >= 15 is 0 Å². The van der Waals surface area contributed by atoms with E-state index in [1.165, 1.54) is 0 Å². The number of hydrogen-bond donors (Lipinski definition) is 1. The Balaban J connectivity index is 2.20. The van der Waals surface area contributed by atoms with Crippen LogP contribution in [-0.4, -0.2) is 31.3 Å². The second-order valence-corrected chi connectivity index (χ2v) is 3.66. The minimum Gasteiger partial charge on any atom is -0.492 e. The molecule has 1 aromatic rings. The lowest BCUT2D eigenvalue weighted by molar-refractivity contribution is 0.131. The van der Waals surface area contributed by atoms with Crippen molar-refractivity contribution in [3.8, 4) is 5.75 Å². The van der Waals surface area contributed by atoms with E-state index in [2.05, 4.69) is 17.2 Å². The highest BCUT2D eigenvalue weighted by Crippen LogP contribution is 2.09. The van der Waals surface area contributed by atoms with Gasteiger partial charge < -0.3 is 14.8 Å². The molecule has 0 atom stereocenters. The monoisotopic (exact) mass is 238 g/mol. The van der Waals surface area contributed by atoms with Gasteiger partial charge in [-0.05, 0) is 25.6 Å². The van der Waals surface area contributed by atoms with Gasteiger partial charge in [0.15, 0.2) is 0 Å². The molecule has 0 saturated heterocycles. The van der Waals surface area contributed by atoms with Crippen LogP contribution in [0.5, 0.6) is 5.75 Å². The Kier molecular flexibility index (Phi) is 7.34. The Labute approximate surface area is 103 Å². The summed E-state index contributed by atoms with van der Waals surface area (Å²) in [5, 5.41) is 3.23. The SMILES string of the molecule is CCNCc1ccc(OCCCOCC)cn1. The molecule has 0 aliphatic rings. The maximum atomic E-state index is 5.55. The Morgan fingerprint density at radius 1 is 1.24 bits per heavy atom. The number of hydrogen-bond acceptors (Lipinski definition) is 4. The fourth-order valence-corrected chi connectivity index (χ4v) is 1.35. The minimum atomic E-state index is 0.675. The van der Waals surface area contributed by atoms with Gasteiger partial charge in [0.25, 0.3) is 0 Å². The van der Waals surface area contributed by atoms with Crippen LogP contribution in [0.3, 0.4) is 0 Å². The average Bonchev–Trinajstić information content (AvgIpc) is 2.37. The van der Waals surface area contributed by atoms with Gasteiger partial charge in [-0.15, -0.1) is 0 Å². The minimum absolute atomic E-state index is 0.675. The van der Waals surface area contributed by atoms with Crippen molar-refractivity contribution in [3.63, 3.8) is 0 Å². The molecule has 0 saturated carbocycles. The summed E-state index contributed by atoms with van der Waals surface area (Å²) in [7, 11) is 0. The molecule has 4 heteroatoms. The molecule has 0 bridgehead atoms. The molecule has 0 aliphatic carbocycles. The molecule has 96 valence electrons. The molecule has 0 fully saturated rings. The van der Waals surface area contributed by atoms with Crippen molar-refractivity contribution in [2.24, 2.45) is 0 Å². The smallest absolute Gasteiger partial charge is 0.137 e. The summed E-state index contributed by atoms with van der Waals surface area (Å²) in [6.07, 6.45) is 2.68. The van der Waals surface area contributed by atoms with Crippen molar-refractivity contribution >= 4 is 0 Å². The Hall–Kier alpha value is -1.13. The highest BCUT2D eigenvalue weighted by Gasteiger charge is 1.96. The van der Waals surface area contributed by atoms with Crippen LogP contribution in [0.4, 0.5) is 0 Å². The fourth-order valence-electron chi connectivity index (χ4n) is 1.35. The summed E-state index contributed by atoms with van der Waals surface area (Å²) in [6, 6.07) is 3.95. The Morgan fingerprint density at radius 3 is 2.76 bits per heavy atom. The van der Waals surface area contributed by atoms with Crippen molar-refractivity contribution in [2.45, 2.75) is 26.8 Å². The Bertz CT molecular complexity index is 288. The zero-order valence-corrected chi connectivity index (χ0v) is 10.7. The van der Waals surface area contributed by atoms with Gasteiger partial charge in [0.2, 0.25) is 0 Å². The van der Waals surface area contributed by atoms with Crippen LogP contribution in [0.2, 0.25) is 0 Å². The molecule has 1 N–H and O–H groups in total. The Morgan fingerprint density at radius 2 is 2.12 bits per heavy atom. The van der Waals surface area contributed by atoms with Gasteiger partial charge in [-0.2, -0.15) is 0 Å². The summed E-state index contributed by atoms with van der Waals surface area (Å²) in [4.78, 5) is 4.31. The summed E-state index contributed by atoms with van der Waals surface area (Å²) in [6.45, 7) is 8.03. The quantitative estimate of drug-likeness (QED) is 0.668. The first-order valence-corrected chi connectivity index (χ1v) is 6.23. The van der Waals surface area contributed by atoms with Crippen molar-refractivity contribution in [2.75, 3.05) is 26.4 Å². The lowest BCUT2D eigenvalue weighted by Gasteiger charge is -2.07. The van der Waals surface area contributed by atoms with Gasteiger partial charge in [-0.1, -0.05) is 6.92 Å². The molecule has 0 aromatic carbocycles. The van der Waals surface area contributed by atoms with Crippen molar-refractivity contribution in [3.05, 3.63) is 24.0 Å².